The molecule has 0 aromatic carbocycles. The molecule has 2 rings (SSSR count). The van der Waals surface area contributed by atoms with Crippen molar-refractivity contribution in [2.45, 2.75) is 26.6 Å². The van der Waals surface area contributed by atoms with Crippen LogP contribution in [0.3, 0.4) is 0 Å². The summed E-state index contributed by atoms with van der Waals surface area (Å²) in [5.74, 6) is -0.774. The fourth-order valence-electron chi connectivity index (χ4n) is 2.46. The van der Waals surface area contributed by atoms with Crippen LogP contribution in [0.5, 0.6) is 5.88 Å². The van der Waals surface area contributed by atoms with Gasteiger partial charge in [0.05, 0.1) is 5.70 Å². The van der Waals surface area contributed by atoms with Crippen LogP contribution >= 0.6 is 0 Å². The summed E-state index contributed by atoms with van der Waals surface area (Å²) in [6.45, 7) is 2.16. The molecule has 10 heteroatoms. The SMILES string of the molecule is CN=C1C(=C(C)C)C(NCc2cccnc2OCC(F)(F)F)=CC(=O)N1O. The molecule has 0 spiro atoms. The standard InChI is InChI=1S/C17H19F3N4O3/c1-10(2)14-12(7-13(25)24(26)15(14)21-3)23-8-11-5-4-6-22-16(11)27-9-17(18,19)20/h4-7,23,26H,8-9H2,1-3H3. The highest BCUT2D eigenvalue weighted by molar-refractivity contribution is 6.15. The Hall–Kier alpha value is -2.88. The minimum absolute atomic E-state index is 0.0549. The van der Waals surface area contributed by atoms with Gasteiger partial charge in [-0.25, -0.2) is 4.98 Å². The maximum Gasteiger partial charge on any atom is 0.422 e. The molecule has 1 aromatic heterocycles. The molecule has 1 aliphatic heterocycles. The molecule has 1 aliphatic rings. The highest BCUT2D eigenvalue weighted by atomic mass is 19.4. The number of rotatable bonds is 5. The second kappa shape index (κ2) is 8.21. The number of amidine groups is 1. The molecule has 1 amide bonds. The molecule has 0 bridgehead atoms. The molecule has 2 heterocycles. The molecule has 0 aliphatic carbocycles. The number of nitrogens with zero attached hydrogens (tertiary/aromatic N) is 3. The van der Waals surface area contributed by atoms with Gasteiger partial charge in [0.25, 0.3) is 5.91 Å². The van der Waals surface area contributed by atoms with E-state index in [4.69, 9.17) is 4.74 Å². The Morgan fingerprint density at radius 2 is 2.11 bits per heavy atom. The lowest BCUT2D eigenvalue weighted by Gasteiger charge is -2.27. The van der Waals surface area contributed by atoms with Crippen molar-refractivity contribution in [2.24, 2.45) is 4.99 Å². The Kier molecular flexibility index (Phi) is 6.21. The predicted octanol–water partition coefficient (Wildman–Crippen LogP) is 2.59. The van der Waals surface area contributed by atoms with Crippen LogP contribution in [-0.2, 0) is 11.3 Å². The number of aliphatic imine (C=N–C) groups is 1. The second-order valence-electron chi connectivity index (χ2n) is 5.86. The summed E-state index contributed by atoms with van der Waals surface area (Å²) in [4.78, 5) is 19.7. The van der Waals surface area contributed by atoms with E-state index in [2.05, 4.69) is 15.3 Å². The lowest BCUT2D eigenvalue weighted by atomic mass is 10.0. The molecule has 146 valence electrons. The van der Waals surface area contributed by atoms with Gasteiger partial charge in [-0.15, -0.1) is 0 Å². The van der Waals surface area contributed by atoms with Gasteiger partial charge in [0, 0.05) is 37.0 Å². The van der Waals surface area contributed by atoms with Crippen LogP contribution in [0.4, 0.5) is 13.2 Å². The Labute approximate surface area is 153 Å². The van der Waals surface area contributed by atoms with Gasteiger partial charge in [-0.05, 0) is 19.9 Å². The topological polar surface area (TPSA) is 87.1 Å². The van der Waals surface area contributed by atoms with E-state index in [1.807, 2.05) is 0 Å². The quantitative estimate of drug-likeness (QED) is 0.762. The van der Waals surface area contributed by atoms with Gasteiger partial charge in [-0.2, -0.15) is 18.2 Å². The van der Waals surface area contributed by atoms with Crippen molar-refractivity contribution in [1.82, 2.24) is 15.4 Å². The monoisotopic (exact) mass is 384 g/mol. The number of allylic oxidation sites excluding steroid dienone is 1. The van der Waals surface area contributed by atoms with Crippen molar-refractivity contribution in [2.75, 3.05) is 13.7 Å². The van der Waals surface area contributed by atoms with Gasteiger partial charge < -0.3 is 10.1 Å². The Morgan fingerprint density at radius 1 is 1.41 bits per heavy atom. The fraction of sp³-hybridized carbons (Fsp3) is 0.353. The minimum Gasteiger partial charge on any atom is -0.468 e. The maximum atomic E-state index is 12.4. The van der Waals surface area contributed by atoms with Crippen LogP contribution in [-0.4, -0.2) is 46.8 Å². The predicted molar refractivity (Wildman–Crippen MR) is 91.1 cm³/mol. The van der Waals surface area contributed by atoms with E-state index in [1.54, 1.807) is 26.0 Å². The first-order valence-corrected chi connectivity index (χ1v) is 7.91. The molecule has 1 aromatic rings. The number of carbonyl (C=O) groups excluding carboxylic acids is 1. The van der Waals surface area contributed by atoms with E-state index in [0.717, 1.165) is 5.57 Å². The molecular weight excluding hydrogens is 365 g/mol. The van der Waals surface area contributed by atoms with E-state index >= 15 is 0 Å². The highest BCUT2D eigenvalue weighted by Crippen LogP contribution is 2.24. The smallest absolute Gasteiger partial charge is 0.422 e. The zero-order chi connectivity index (χ0) is 20.2. The number of ether oxygens (including phenoxy) is 1. The number of hydrogen-bond donors (Lipinski definition) is 2. The first kappa shape index (κ1) is 20.4. The lowest BCUT2D eigenvalue weighted by Crippen LogP contribution is -2.40. The Balaban J connectivity index is 2.24. The maximum absolute atomic E-state index is 12.4. The van der Waals surface area contributed by atoms with Crippen LogP contribution in [0.2, 0.25) is 0 Å². The van der Waals surface area contributed by atoms with Crippen LogP contribution in [0.15, 0.2) is 46.2 Å². The molecule has 0 atom stereocenters. The summed E-state index contributed by atoms with van der Waals surface area (Å²) < 4.78 is 41.9. The second-order valence-corrected chi connectivity index (χ2v) is 5.86. The van der Waals surface area contributed by atoms with Gasteiger partial charge in [-0.3, -0.25) is 15.0 Å². The third-order valence-corrected chi connectivity index (χ3v) is 3.57. The van der Waals surface area contributed by atoms with Crippen molar-refractivity contribution >= 4 is 11.7 Å². The van der Waals surface area contributed by atoms with Gasteiger partial charge in [0.15, 0.2) is 12.4 Å². The number of hydroxylamine groups is 2. The number of aromatic nitrogens is 1. The zero-order valence-corrected chi connectivity index (χ0v) is 15.0. The van der Waals surface area contributed by atoms with Gasteiger partial charge in [0.2, 0.25) is 5.88 Å². The molecular formula is C17H19F3N4O3. The van der Waals surface area contributed by atoms with Gasteiger partial charge >= 0.3 is 6.18 Å². The van der Waals surface area contributed by atoms with Crippen molar-refractivity contribution in [3.05, 3.63) is 46.8 Å². The van der Waals surface area contributed by atoms with E-state index < -0.39 is 18.7 Å². The number of carbonyl (C=O) groups is 1. The normalized spacial score (nSPS) is 16.5. The van der Waals surface area contributed by atoms with Crippen molar-refractivity contribution in [3.63, 3.8) is 0 Å². The lowest BCUT2D eigenvalue weighted by molar-refractivity contribution is -0.154. The fourth-order valence-corrected chi connectivity index (χ4v) is 2.46. The number of alkyl halides is 3. The summed E-state index contributed by atoms with van der Waals surface area (Å²) in [5, 5.41) is 13.3. The van der Waals surface area contributed by atoms with E-state index in [1.165, 1.54) is 19.3 Å². The molecule has 7 nitrogen and oxygen atoms in total. The minimum atomic E-state index is -4.48. The van der Waals surface area contributed by atoms with Crippen molar-refractivity contribution < 1.29 is 27.9 Å². The van der Waals surface area contributed by atoms with E-state index in [9.17, 15) is 23.2 Å². The van der Waals surface area contributed by atoms with E-state index in [0.29, 0.717) is 21.9 Å². The van der Waals surface area contributed by atoms with Crippen LogP contribution < -0.4 is 10.1 Å². The van der Waals surface area contributed by atoms with Crippen molar-refractivity contribution in [3.8, 4) is 5.88 Å². The third-order valence-electron chi connectivity index (χ3n) is 3.57. The number of amides is 1. The number of hydrogen-bond acceptors (Lipinski definition) is 6. The molecule has 0 saturated heterocycles. The van der Waals surface area contributed by atoms with E-state index in [-0.39, 0.29) is 18.3 Å². The van der Waals surface area contributed by atoms with Gasteiger partial charge in [0.1, 0.15) is 0 Å². The molecule has 27 heavy (non-hydrogen) atoms. The first-order valence-electron chi connectivity index (χ1n) is 7.91. The average molecular weight is 384 g/mol. The first-order chi connectivity index (χ1) is 12.6. The third kappa shape index (κ3) is 5.07. The largest absolute Gasteiger partial charge is 0.468 e. The Bertz CT molecular complexity index is 812. The highest BCUT2D eigenvalue weighted by Gasteiger charge is 2.30. The summed E-state index contributed by atoms with van der Waals surface area (Å²) >= 11 is 0. The van der Waals surface area contributed by atoms with Crippen LogP contribution in [0, 0.1) is 0 Å². The molecule has 0 radical (unpaired) electrons. The number of nitrogens with one attached hydrogen (secondary N) is 1. The molecule has 0 fully saturated rings. The zero-order valence-electron chi connectivity index (χ0n) is 15.0. The summed E-state index contributed by atoms with van der Waals surface area (Å²) in [7, 11) is 1.43. The summed E-state index contributed by atoms with van der Waals surface area (Å²) in [6.07, 6.45) is -1.97. The van der Waals surface area contributed by atoms with Crippen LogP contribution in [0.1, 0.15) is 19.4 Å². The van der Waals surface area contributed by atoms with Gasteiger partial charge in [-0.1, -0.05) is 11.6 Å². The Morgan fingerprint density at radius 3 is 2.70 bits per heavy atom. The average Bonchev–Trinajstić information content (AvgIpc) is 2.60. The number of pyridine rings is 1. The van der Waals surface area contributed by atoms with Crippen molar-refractivity contribution in [1.29, 1.82) is 0 Å². The molecule has 0 unspecified atom stereocenters. The van der Waals surface area contributed by atoms with Crippen LogP contribution in [0.25, 0.3) is 0 Å². The summed E-state index contributed by atoms with van der Waals surface area (Å²) in [5.41, 5.74) is 2.06. The molecule has 0 saturated carbocycles. The molecule has 2 N–H and O–H groups in total. The number of halogens is 3. The summed E-state index contributed by atoms with van der Waals surface area (Å²) in [6, 6.07) is 3.13.